The standard InChI is InChI=1S/C11H18O2/c1-9(2)8-11(12)13-10-6-4-3-5-7-10/h4,6,9-10H,3,5,7-8H2,1-2H3. The van der Waals surface area contributed by atoms with E-state index in [1.807, 2.05) is 19.9 Å². The Balaban J connectivity index is 2.26. The van der Waals surface area contributed by atoms with Crippen molar-refractivity contribution in [2.45, 2.75) is 45.6 Å². The average Bonchev–Trinajstić information content (AvgIpc) is 2.04. The quantitative estimate of drug-likeness (QED) is 0.495. The Bertz CT molecular complexity index is 194. The number of esters is 1. The lowest BCUT2D eigenvalue weighted by Crippen LogP contribution is -2.18. The predicted octanol–water partition coefficient (Wildman–Crippen LogP) is 2.68. The van der Waals surface area contributed by atoms with E-state index in [2.05, 4.69) is 6.08 Å². The van der Waals surface area contributed by atoms with Crippen LogP contribution in [-0.2, 0) is 9.53 Å². The van der Waals surface area contributed by atoms with Crippen molar-refractivity contribution in [1.82, 2.24) is 0 Å². The molecule has 0 radical (unpaired) electrons. The molecule has 0 aromatic carbocycles. The molecule has 0 saturated carbocycles. The summed E-state index contributed by atoms with van der Waals surface area (Å²) in [6, 6.07) is 0. The molecule has 0 aromatic heterocycles. The number of ether oxygens (including phenoxy) is 1. The fourth-order valence-electron chi connectivity index (χ4n) is 1.43. The maximum absolute atomic E-state index is 11.3. The molecule has 74 valence electrons. The summed E-state index contributed by atoms with van der Waals surface area (Å²) in [6.07, 6.45) is 7.91. The first kappa shape index (κ1) is 10.3. The highest BCUT2D eigenvalue weighted by Crippen LogP contribution is 2.14. The van der Waals surface area contributed by atoms with E-state index in [9.17, 15) is 4.79 Å². The molecule has 0 amide bonds. The van der Waals surface area contributed by atoms with Crippen molar-refractivity contribution in [1.29, 1.82) is 0 Å². The SMILES string of the molecule is CC(C)CC(=O)OC1C=CCCC1. The lowest BCUT2D eigenvalue weighted by molar-refractivity contribution is -0.148. The summed E-state index contributed by atoms with van der Waals surface area (Å²) >= 11 is 0. The minimum atomic E-state index is -0.0634. The first-order chi connectivity index (χ1) is 6.18. The van der Waals surface area contributed by atoms with E-state index in [4.69, 9.17) is 4.74 Å². The molecule has 1 aliphatic rings. The Morgan fingerprint density at radius 1 is 1.62 bits per heavy atom. The van der Waals surface area contributed by atoms with Gasteiger partial charge in [0.15, 0.2) is 0 Å². The third-order valence-corrected chi connectivity index (χ3v) is 2.07. The summed E-state index contributed by atoms with van der Waals surface area (Å²) in [5, 5.41) is 0. The van der Waals surface area contributed by atoms with Gasteiger partial charge in [0, 0.05) is 6.42 Å². The fraction of sp³-hybridized carbons (Fsp3) is 0.727. The maximum atomic E-state index is 11.3. The van der Waals surface area contributed by atoms with Gasteiger partial charge in [-0.1, -0.05) is 19.9 Å². The zero-order valence-corrected chi connectivity index (χ0v) is 8.45. The second-order valence-corrected chi connectivity index (χ2v) is 3.99. The molecule has 2 heteroatoms. The zero-order chi connectivity index (χ0) is 9.68. The van der Waals surface area contributed by atoms with Crippen LogP contribution < -0.4 is 0 Å². The molecule has 0 fully saturated rings. The second kappa shape index (κ2) is 5.05. The molecule has 1 atom stereocenters. The first-order valence-corrected chi connectivity index (χ1v) is 5.04. The molecule has 0 spiro atoms. The third kappa shape index (κ3) is 4.11. The molecule has 1 unspecified atom stereocenters. The lowest BCUT2D eigenvalue weighted by Gasteiger charge is -2.17. The largest absolute Gasteiger partial charge is 0.458 e. The minimum absolute atomic E-state index is 0.0417. The van der Waals surface area contributed by atoms with E-state index < -0.39 is 0 Å². The summed E-state index contributed by atoms with van der Waals surface area (Å²) in [5.74, 6) is 0.326. The van der Waals surface area contributed by atoms with Crippen LogP contribution in [0.25, 0.3) is 0 Å². The highest BCUT2D eigenvalue weighted by molar-refractivity contribution is 5.69. The first-order valence-electron chi connectivity index (χ1n) is 5.04. The maximum Gasteiger partial charge on any atom is 0.306 e. The van der Waals surface area contributed by atoms with Crippen molar-refractivity contribution < 1.29 is 9.53 Å². The van der Waals surface area contributed by atoms with Crippen LogP contribution in [0, 0.1) is 5.92 Å². The number of allylic oxidation sites excluding steroid dienone is 1. The zero-order valence-electron chi connectivity index (χ0n) is 8.45. The van der Waals surface area contributed by atoms with Gasteiger partial charge in [-0.15, -0.1) is 0 Å². The van der Waals surface area contributed by atoms with Crippen molar-refractivity contribution in [2.24, 2.45) is 5.92 Å². The van der Waals surface area contributed by atoms with Crippen molar-refractivity contribution in [3.05, 3.63) is 12.2 Å². The molecule has 2 nitrogen and oxygen atoms in total. The summed E-state index contributed by atoms with van der Waals surface area (Å²) in [5.41, 5.74) is 0. The van der Waals surface area contributed by atoms with Gasteiger partial charge in [0.2, 0.25) is 0 Å². The van der Waals surface area contributed by atoms with Gasteiger partial charge in [0.1, 0.15) is 6.10 Å². The monoisotopic (exact) mass is 182 g/mol. The van der Waals surface area contributed by atoms with Crippen molar-refractivity contribution in [2.75, 3.05) is 0 Å². The van der Waals surface area contributed by atoms with Gasteiger partial charge in [0.25, 0.3) is 0 Å². The van der Waals surface area contributed by atoms with E-state index in [1.54, 1.807) is 0 Å². The van der Waals surface area contributed by atoms with Gasteiger partial charge in [-0.25, -0.2) is 0 Å². The van der Waals surface area contributed by atoms with Crippen LogP contribution in [0.1, 0.15) is 39.5 Å². The normalized spacial score (nSPS) is 21.9. The lowest BCUT2D eigenvalue weighted by atomic mass is 10.1. The van der Waals surface area contributed by atoms with Gasteiger partial charge < -0.3 is 4.74 Å². The molecule has 0 aromatic rings. The molecule has 0 heterocycles. The molecule has 1 rings (SSSR count). The highest BCUT2D eigenvalue weighted by atomic mass is 16.5. The van der Waals surface area contributed by atoms with Crippen LogP contribution in [-0.4, -0.2) is 12.1 Å². The van der Waals surface area contributed by atoms with Gasteiger partial charge in [-0.05, 0) is 31.3 Å². The average molecular weight is 182 g/mol. The Labute approximate surface area is 80.0 Å². The van der Waals surface area contributed by atoms with Gasteiger partial charge in [-0.2, -0.15) is 0 Å². The molecule has 1 aliphatic carbocycles. The Morgan fingerprint density at radius 3 is 2.92 bits per heavy atom. The molecule has 0 N–H and O–H groups in total. The Hall–Kier alpha value is -0.790. The molecular weight excluding hydrogens is 164 g/mol. The second-order valence-electron chi connectivity index (χ2n) is 3.99. The van der Waals surface area contributed by atoms with Crippen LogP contribution in [0.15, 0.2) is 12.2 Å². The van der Waals surface area contributed by atoms with E-state index >= 15 is 0 Å². The van der Waals surface area contributed by atoms with Crippen LogP contribution in [0.3, 0.4) is 0 Å². The van der Waals surface area contributed by atoms with Crippen LogP contribution >= 0.6 is 0 Å². The summed E-state index contributed by atoms with van der Waals surface area (Å²) in [6.45, 7) is 4.05. The van der Waals surface area contributed by atoms with Crippen LogP contribution in [0.5, 0.6) is 0 Å². The van der Waals surface area contributed by atoms with Gasteiger partial charge in [0.05, 0.1) is 0 Å². The number of carbonyl (C=O) groups is 1. The van der Waals surface area contributed by atoms with Crippen LogP contribution in [0.4, 0.5) is 0 Å². The molecule has 13 heavy (non-hydrogen) atoms. The molecule has 0 aliphatic heterocycles. The summed E-state index contributed by atoms with van der Waals surface area (Å²) in [4.78, 5) is 11.3. The molecule has 0 bridgehead atoms. The fourth-order valence-corrected chi connectivity index (χ4v) is 1.43. The van der Waals surface area contributed by atoms with Crippen molar-refractivity contribution >= 4 is 5.97 Å². The van der Waals surface area contributed by atoms with E-state index in [-0.39, 0.29) is 12.1 Å². The number of rotatable bonds is 3. The van der Waals surface area contributed by atoms with E-state index in [1.165, 1.54) is 0 Å². The summed E-state index contributed by atoms with van der Waals surface area (Å²) in [7, 11) is 0. The Kier molecular flexibility index (Phi) is 4.00. The van der Waals surface area contributed by atoms with Crippen molar-refractivity contribution in [3.63, 3.8) is 0 Å². The number of carbonyl (C=O) groups excluding carboxylic acids is 1. The molecule has 0 saturated heterocycles. The van der Waals surface area contributed by atoms with Gasteiger partial charge >= 0.3 is 5.97 Å². The third-order valence-electron chi connectivity index (χ3n) is 2.07. The minimum Gasteiger partial charge on any atom is -0.458 e. The van der Waals surface area contributed by atoms with Crippen molar-refractivity contribution in [3.8, 4) is 0 Å². The van der Waals surface area contributed by atoms with E-state index in [0.717, 1.165) is 19.3 Å². The van der Waals surface area contributed by atoms with E-state index in [0.29, 0.717) is 12.3 Å². The summed E-state index contributed by atoms with van der Waals surface area (Å²) < 4.78 is 5.28. The van der Waals surface area contributed by atoms with Gasteiger partial charge in [-0.3, -0.25) is 4.79 Å². The topological polar surface area (TPSA) is 26.3 Å². The smallest absolute Gasteiger partial charge is 0.306 e. The predicted molar refractivity (Wildman–Crippen MR) is 52.3 cm³/mol. The number of hydrogen-bond acceptors (Lipinski definition) is 2. The Morgan fingerprint density at radius 2 is 2.38 bits per heavy atom. The van der Waals surface area contributed by atoms with Crippen LogP contribution in [0.2, 0.25) is 0 Å². The number of hydrogen-bond donors (Lipinski definition) is 0. The highest BCUT2D eigenvalue weighted by Gasteiger charge is 2.14. The molecular formula is C11H18O2.